The summed E-state index contributed by atoms with van der Waals surface area (Å²) in [5, 5.41) is 12.1. The van der Waals surface area contributed by atoms with Crippen molar-refractivity contribution in [2.75, 3.05) is 31.3 Å². The van der Waals surface area contributed by atoms with Crippen LogP contribution in [0.2, 0.25) is 0 Å². The lowest BCUT2D eigenvalue weighted by molar-refractivity contribution is 0.0897. The quantitative estimate of drug-likeness (QED) is 0.696. The van der Waals surface area contributed by atoms with Crippen molar-refractivity contribution in [2.24, 2.45) is 5.92 Å². The van der Waals surface area contributed by atoms with Crippen LogP contribution in [0.1, 0.15) is 24.2 Å². The molecule has 0 bridgehead atoms. The number of anilines is 2. The van der Waals surface area contributed by atoms with Crippen molar-refractivity contribution in [3.05, 3.63) is 23.8 Å². The second-order valence-corrected chi connectivity index (χ2v) is 5.18. The molecule has 19 heavy (non-hydrogen) atoms. The molecule has 0 spiro atoms. The van der Waals surface area contributed by atoms with Gasteiger partial charge in [0.05, 0.1) is 18.2 Å². The van der Waals surface area contributed by atoms with E-state index >= 15 is 0 Å². The van der Waals surface area contributed by atoms with Crippen molar-refractivity contribution in [1.29, 1.82) is 0 Å². The van der Waals surface area contributed by atoms with Gasteiger partial charge < -0.3 is 21.1 Å². The van der Waals surface area contributed by atoms with Crippen LogP contribution in [0.3, 0.4) is 0 Å². The number of hydrogen-bond donors (Lipinski definition) is 3. The molecule has 4 N–H and O–H groups in total. The Morgan fingerprint density at radius 3 is 2.53 bits per heavy atom. The first kappa shape index (κ1) is 15.3. The van der Waals surface area contributed by atoms with E-state index in [0.29, 0.717) is 11.3 Å². The summed E-state index contributed by atoms with van der Waals surface area (Å²) in [7, 11) is 3.74. The van der Waals surface area contributed by atoms with Gasteiger partial charge in [-0.3, -0.25) is 4.79 Å². The van der Waals surface area contributed by atoms with Crippen LogP contribution in [-0.2, 0) is 0 Å². The molecule has 0 aliphatic carbocycles. The first-order valence-corrected chi connectivity index (χ1v) is 6.35. The minimum absolute atomic E-state index is 0.0803. The second kappa shape index (κ2) is 6.43. The topological polar surface area (TPSA) is 78.6 Å². The lowest BCUT2D eigenvalue weighted by Crippen LogP contribution is -2.41. The number of nitrogen functional groups attached to an aromatic ring is 1. The molecule has 5 heteroatoms. The summed E-state index contributed by atoms with van der Waals surface area (Å²) in [6, 6.07) is 4.97. The van der Waals surface area contributed by atoms with E-state index in [-0.39, 0.29) is 24.5 Å². The zero-order valence-corrected chi connectivity index (χ0v) is 12.0. The standard InChI is InChI=1S/C14H23N3O2/c1-9(2)12(8-18)16-14(19)11-7-10(15)5-6-13(11)17(3)4/h5-7,9,12,18H,8,15H2,1-4H3,(H,16,19). The van der Waals surface area contributed by atoms with Gasteiger partial charge in [-0.15, -0.1) is 0 Å². The van der Waals surface area contributed by atoms with E-state index in [2.05, 4.69) is 5.32 Å². The Bertz CT molecular complexity index is 444. The van der Waals surface area contributed by atoms with Gasteiger partial charge in [-0.1, -0.05) is 13.8 Å². The summed E-state index contributed by atoms with van der Waals surface area (Å²) >= 11 is 0. The number of nitrogens with zero attached hydrogens (tertiary/aromatic N) is 1. The maximum Gasteiger partial charge on any atom is 0.253 e. The molecule has 0 aromatic heterocycles. The molecule has 0 saturated carbocycles. The Morgan fingerprint density at radius 2 is 2.05 bits per heavy atom. The molecule has 0 radical (unpaired) electrons. The lowest BCUT2D eigenvalue weighted by Gasteiger charge is -2.22. The van der Waals surface area contributed by atoms with E-state index in [9.17, 15) is 9.90 Å². The number of hydrogen-bond acceptors (Lipinski definition) is 4. The largest absolute Gasteiger partial charge is 0.399 e. The number of benzene rings is 1. The van der Waals surface area contributed by atoms with E-state index in [1.165, 1.54) is 0 Å². The third-order valence-corrected chi connectivity index (χ3v) is 3.06. The molecule has 1 aromatic rings. The summed E-state index contributed by atoms with van der Waals surface area (Å²) < 4.78 is 0. The molecule has 0 aliphatic heterocycles. The van der Waals surface area contributed by atoms with Crippen LogP contribution in [-0.4, -0.2) is 37.8 Å². The summed E-state index contributed by atoms with van der Waals surface area (Å²) in [4.78, 5) is 14.2. The Kier molecular flexibility index (Phi) is 5.18. The predicted octanol–water partition coefficient (Wildman–Crippen LogP) is 1.08. The normalized spacial score (nSPS) is 12.3. The first-order valence-electron chi connectivity index (χ1n) is 6.35. The van der Waals surface area contributed by atoms with Crippen LogP contribution < -0.4 is 16.0 Å². The van der Waals surface area contributed by atoms with E-state index in [4.69, 9.17) is 5.73 Å². The molecule has 0 heterocycles. The highest BCUT2D eigenvalue weighted by atomic mass is 16.3. The van der Waals surface area contributed by atoms with Crippen molar-refractivity contribution >= 4 is 17.3 Å². The third kappa shape index (κ3) is 3.86. The Labute approximate surface area is 114 Å². The third-order valence-electron chi connectivity index (χ3n) is 3.06. The van der Waals surface area contributed by atoms with Crippen molar-refractivity contribution in [3.8, 4) is 0 Å². The number of nitrogens with two attached hydrogens (primary N) is 1. The zero-order chi connectivity index (χ0) is 14.6. The number of aliphatic hydroxyl groups excluding tert-OH is 1. The molecule has 1 unspecified atom stereocenters. The lowest BCUT2D eigenvalue weighted by atomic mass is 10.0. The molecule has 0 saturated heterocycles. The van der Waals surface area contributed by atoms with Gasteiger partial charge in [0.25, 0.3) is 5.91 Å². The minimum atomic E-state index is -0.260. The maximum atomic E-state index is 12.3. The van der Waals surface area contributed by atoms with Crippen LogP contribution in [0.5, 0.6) is 0 Å². The Balaban J connectivity index is 3.01. The molecule has 5 nitrogen and oxygen atoms in total. The van der Waals surface area contributed by atoms with Crippen molar-refractivity contribution in [3.63, 3.8) is 0 Å². The SMILES string of the molecule is CC(C)C(CO)NC(=O)c1cc(N)ccc1N(C)C. The van der Waals surface area contributed by atoms with E-state index < -0.39 is 0 Å². The minimum Gasteiger partial charge on any atom is -0.399 e. The second-order valence-electron chi connectivity index (χ2n) is 5.18. The summed E-state index contributed by atoms with van der Waals surface area (Å²) in [5.41, 5.74) is 7.60. The van der Waals surface area contributed by atoms with Crippen molar-refractivity contribution in [1.82, 2.24) is 5.32 Å². The number of aliphatic hydroxyl groups is 1. The molecule has 0 aliphatic rings. The van der Waals surface area contributed by atoms with Crippen LogP contribution in [0.25, 0.3) is 0 Å². The zero-order valence-electron chi connectivity index (χ0n) is 12.0. The van der Waals surface area contributed by atoms with E-state index in [1.807, 2.05) is 38.9 Å². The highest BCUT2D eigenvalue weighted by Gasteiger charge is 2.19. The molecule has 106 valence electrons. The average molecular weight is 265 g/mol. The van der Waals surface area contributed by atoms with Gasteiger partial charge in [0, 0.05) is 25.5 Å². The van der Waals surface area contributed by atoms with Gasteiger partial charge in [-0.05, 0) is 24.1 Å². The summed E-state index contributed by atoms with van der Waals surface area (Å²) in [6.45, 7) is 3.82. The number of carbonyl (C=O) groups is 1. The highest BCUT2D eigenvalue weighted by molar-refractivity contribution is 6.00. The molecule has 1 atom stereocenters. The molecule has 0 fully saturated rings. The fraction of sp³-hybridized carbons (Fsp3) is 0.500. The van der Waals surface area contributed by atoms with Crippen LogP contribution in [0.15, 0.2) is 18.2 Å². The Hall–Kier alpha value is -1.75. The molecular weight excluding hydrogens is 242 g/mol. The van der Waals surface area contributed by atoms with Gasteiger partial charge in [0.1, 0.15) is 0 Å². The van der Waals surface area contributed by atoms with Gasteiger partial charge in [-0.25, -0.2) is 0 Å². The van der Waals surface area contributed by atoms with Gasteiger partial charge >= 0.3 is 0 Å². The summed E-state index contributed by atoms with van der Waals surface area (Å²) in [6.07, 6.45) is 0. The molecule has 1 amide bonds. The van der Waals surface area contributed by atoms with Crippen molar-refractivity contribution < 1.29 is 9.90 Å². The Morgan fingerprint density at radius 1 is 1.42 bits per heavy atom. The fourth-order valence-corrected chi connectivity index (χ4v) is 1.79. The number of amides is 1. The average Bonchev–Trinajstić information content (AvgIpc) is 2.34. The van der Waals surface area contributed by atoms with E-state index in [0.717, 1.165) is 5.69 Å². The van der Waals surface area contributed by atoms with Crippen molar-refractivity contribution in [2.45, 2.75) is 19.9 Å². The van der Waals surface area contributed by atoms with Crippen LogP contribution in [0.4, 0.5) is 11.4 Å². The van der Waals surface area contributed by atoms with Gasteiger partial charge in [0.2, 0.25) is 0 Å². The number of carbonyl (C=O) groups excluding carboxylic acids is 1. The smallest absolute Gasteiger partial charge is 0.253 e. The van der Waals surface area contributed by atoms with Gasteiger partial charge in [0.15, 0.2) is 0 Å². The first-order chi connectivity index (χ1) is 8.86. The van der Waals surface area contributed by atoms with Crippen LogP contribution in [0, 0.1) is 5.92 Å². The maximum absolute atomic E-state index is 12.3. The monoisotopic (exact) mass is 265 g/mol. The van der Waals surface area contributed by atoms with E-state index in [1.54, 1.807) is 12.1 Å². The molecular formula is C14H23N3O2. The molecule has 1 rings (SSSR count). The fourth-order valence-electron chi connectivity index (χ4n) is 1.79. The number of nitrogens with one attached hydrogen (secondary N) is 1. The molecule has 1 aromatic carbocycles. The predicted molar refractivity (Wildman–Crippen MR) is 78.4 cm³/mol. The summed E-state index contributed by atoms with van der Waals surface area (Å²) in [5.74, 6) is -0.0541. The van der Waals surface area contributed by atoms with Gasteiger partial charge in [-0.2, -0.15) is 0 Å². The van der Waals surface area contributed by atoms with Crippen LogP contribution >= 0.6 is 0 Å². The number of rotatable bonds is 5. The highest BCUT2D eigenvalue weighted by Crippen LogP contribution is 2.21.